The van der Waals surface area contributed by atoms with Crippen molar-refractivity contribution in [2.45, 2.75) is 6.04 Å². The summed E-state index contributed by atoms with van der Waals surface area (Å²) in [6.45, 7) is 0. The number of nitriles is 1. The SMILES string of the molecule is N#CC(NC(=O)c1ccc(/C=N/NC(=O)c2ccc(O)c(Cl)c2)c2ccccc12)c1ccc(F)cc1. The topological polar surface area (TPSA) is 115 Å². The highest BCUT2D eigenvalue weighted by atomic mass is 35.5. The van der Waals surface area contributed by atoms with E-state index in [0.29, 0.717) is 27.5 Å². The van der Waals surface area contributed by atoms with E-state index in [-0.39, 0.29) is 16.3 Å². The first-order chi connectivity index (χ1) is 17.4. The maximum absolute atomic E-state index is 13.2. The molecule has 0 fully saturated rings. The summed E-state index contributed by atoms with van der Waals surface area (Å²) >= 11 is 5.84. The lowest BCUT2D eigenvalue weighted by atomic mass is 9.99. The third-order valence-corrected chi connectivity index (χ3v) is 5.69. The fourth-order valence-electron chi connectivity index (χ4n) is 3.56. The maximum atomic E-state index is 13.2. The first-order valence-electron chi connectivity index (χ1n) is 10.7. The molecule has 178 valence electrons. The van der Waals surface area contributed by atoms with Gasteiger partial charge in [0.25, 0.3) is 11.8 Å². The van der Waals surface area contributed by atoms with Crippen LogP contribution in [0.1, 0.15) is 37.9 Å². The third kappa shape index (κ3) is 5.32. The molecule has 7 nitrogen and oxygen atoms in total. The molecule has 0 radical (unpaired) electrons. The van der Waals surface area contributed by atoms with Gasteiger partial charge in [0.2, 0.25) is 0 Å². The summed E-state index contributed by atoms with van der Waals surface area (Å²) in [7, 11) is 0. The lowest BCUT2D eigenvalue weighted by Gasteiger charge is -2.14. The Morgan fingerprint density at radius 3 is 2.42 bits per heavy atom. The summed E-state index contributed by atoms with van der Waals surface area (Å²) in [6, 6.07) is 20.9. The number of nitrogens with one attached hydrogen (secondary N) is 2. The summed E-state index contributed by atoms with van der Waals surface area (Å²) in [5.41, 5.74) is 4.07. The van der Waals surface area contributed by atoms with E-state index in [1.807, 2.05) is 6.07 Å². The minimum atomic E-state index is -0.957. The van der Waals surface area contributed by atoms with Crippen molar-refractivity contribution in [1.29, 1.82) is 5.26 Å². The molecule has 0 aliphatic heterocycles. The van der Waals surface area contributed by atoms with Gasteiger partial charge in [-0.05, 0) is 52.7 Å². The molecular weight excluding hydrogens is 483 g/mol. The maximum Gasteiger partial charge on any atom is 0.271 e. The number of hydrazone groups is 1. The number of nitrogens with zero attached hydrogens (tertiary/aromatic N) is 2. The van der Waals surface area contributed by atoms with Gasteiger partial charge in [-0.25, -0.2) is 9.82 Å². The van der Waals surface area contributed by atoms with Crippen LogP contribution in [-0.4, -0.2) is 23.1 Å². The smallest absolute Gasteiger partial charge is 0.271 e. The summed E-state index contributed by atoms with van der Waals surface area (Å²) in [5.74, 6) is -1.56. The van der Waals surface area contributed by atoms with Crippen LogP contribution in [0.3, 0.4) is 0 Å². The van der Waals surface area contributed by atoms with Crippen molar-refractivity contribution < 1.29 is 19.1 Å². The van der Waals surface area contributed by atoms with Crippen LogP contribution in [-0.2, 0) is 0 Å². The standard InChI is InChI=1S/C27H18ClFN4O3/c28-23-13-17(8-12-25(23)34)26(35)33-31-15-18-7-11-22(21-4-2-1-3-20(18)21)27(36)32-24(14-30)16-5-9-19(29)10-6-16/h1-13,15,24,34H,(H,32,36)(H,33,35)/b31-15+. The van der Waals surface area contributed by atoms with Crippen LogP contribution in [0.4, 0.5) is 4.39 Å². The molecule has 0 heterocycles. The zero-order valence-corrected chi connectivity index (χ0v) is 19.3. The second-order valence-electron chi connectivity index (χ2n) is 7.70. The van der Waals surface area contributed by atoms with Gasteiger partial charge in [0.15, 0.2) is 0 Å². The summed E-state index contributed by atoms with van der Waals surface area (Å²) in [5, 5.41) is 27.1. The molecule has 0 spiro atoms. The molecule has 4 rings (SSSR count). The van der Waals surface area contributed by atoms with E-state index < -0.39 is 23.7 Å². The molecule has 36 heavy (non-hydrogen) atoms. The number of rotatable bonds is 6. The summed E-state index contributed by atoms with van der Waals surface area (Å²) in [6.07, 6.45) is 1.44. The predicted octanol–water partition coefficient (Wildman–Crippen LogP) is 5.10. The zero-order chi connectivity index (χ0) is 25.7. The Hall–Kier alpha value is -4.74. The number of carbonyl (C=O) groups is 2. The van der Waals surface area contributed by atoms with Gasteiger partial charge in [-0.15, -0.1) is 0 Å². The van der Waals surface area contributed by atoms with Gasteiger partial charge >= 0.3 is 0 Å². The first-order valence-corrected chi connectivity index (χ1v) is 11.0. The zero-order valence-electron chi connectivity index (χ0n) is 18.6. The van der Waals surface area contributed by atoms with Gasteiger partial charge in [-0.3, -0.25) is 9.59 Å². The van der Waals surface area contributed by atoms with Crippen molar-refractivity contribution in [3.8, 4) is 11.8 Å². The molecule has 3 N–H and O–H groups in total. The van der Waals surface area contributed by atoms with Crippen LogP contribution < -0.4 is 10.7 Å². The van der Waals surface area contributed by atoms with Crippen LogP contribution in [0.15, 0.2) is 84.0 Å². The van der Waals surface area contributed by atoms with E-state index in [0.717, 1.165) is 0 Å². The molecule has 0 saturated heterocycles. The predicted molar refractivity (Wildman–Crippen MR) is 134 cm³/mol. The highest BCUT2D eigenvalue weighted by molar-refractivity contribution is 6.32. The Morgan fingerprint density at radius 2 is 1.72 bits per heavy atom. The molecule has 1 unspecified atom stereocenters. The molecule has 4 aromatic carbocycles. The van der Waals surface area contributed by atoms with E-state index in [9.17, 15) is 24.3 Å². The van der Waals surface area contributed by atoms with Crippen LogP contribution in [0.25, 0.3) is 10.8 Å². The third-order valence-electron chi connectivity index (χ3n) is 5.39. The number of phenols is 1. The number of hydrogen-bond acceptors (Lipinski definition) is 5. The van der Waals surface area contributed by atoms with Gasteiger partial charge in [0.1, 0.15) is 17.6 Å². The Balaban J connectivity index is 1.55. The highest BCUT2D eigenvalue weighted by Gasteiger charge is 2.18. The molecule has 0 aliphatic carbocycles. The summed E-state index contributed by atoms with van der Waals surface area (Å²) in [4.78, 5) is 25.3. The fraction of sp³-hybridized carbons (Fsp3) is 0.0370. The lowest BCUT2D eigenvalue weighted by Crippen LogP contribution is -2.27. The second-order valence-corrected chi connectivity index (χ2v) is 8.11. The fourth-order valence-corrected chi connectivity index (χ4v) is 3.74. The molecule has 9 heteroatoms. The molecule has 2 amide bonds. The van der Waals surface area contributed by atoms with Crippen LogP contribution >= 0.6 is 11.6 Å². The van der Waals surface area contributed by atoms with Crippen molar-refractivity contribution in [2.75, 3.05) is 0 Å². The van der Waals surface area contributed by atoms with Gasteiger partial charge < -0.3 is 10.4 Å². The van der Waals surface area contributed by atoms with Crippen LogP contribution in [0, 0.1) is 17.1 Å². The van der Waals surface area contributed by atoms with Crippen molar-refractivity contribution in [2.24, 2.45) is 5.10 Å². The van der Waals surface area contributed by atoms with E-state index in [1.165, 1.54) is 48.7 Å². The van der Waals surface area contributed by atoms with Gasteiger partial charge in [0, 0.05) is 16.7 Å². The van der Waals surface area contributed by atoms with Gasteiger partial charge in [-0.2, -0.15) is 10.4 Å². The van der Waals surface area contributed by atoms with Gasteiger partial charge in [0.05, 0.1) is 17.3 Å². The Kier molecular flexibility index (Phi) is 7.23. The highest BCUT2D eigenvalue weighted by Crippen LogP contribution is 2.24. The first kappa shape index (κ1) is 24.4. The molecule has 1 atom stereocenters. The number of fused-ring (bicyclic) bond motifs is 1. The molecule has 0 aliphatic rings. The summed E-state index contributed by atoms with van der Waals surface area (Å²) < 4.78 is 13.2. The largest absolute Gasteiger partial charge is 0.506 e. The molecular formula is C27H18ClFN4O3. The van der Waals surface area contributed by atoms with E-state index in [4.69, 9.17) is 11.6 Å². The minimum absolute atomic E-state index is 0.0459. The van der Waals surface area contributed by atoms with Crippen molar-refractivity contribution in [3.05, 3.63) is 112 Å². The lowest BCUT2D eigenvalue weighted by molar-refractivity contribution is 0.0942. The number of aromatic hydroxyl groups is 1. The minimum Gasteiger partial charge on any atom is -0.506 e. The number of phenolic OH excluding ortho intramolecular Hbond substituents is 1. The number of carbonyl (C=O) groups excluding carboxylic acids is 2. The van der Waals surface area contributed by atoms with E-state index >= 15 is 0 Å². The van der Waals surface area contributed by atoms with Gasteiger partial charge in [-0.1, -0.05) is 54.1 Å². The average molecular weight is 501 g/mol. The monoisotopic (exact) mass is 500 g/mol. The number of benzene rings is 4. The molecule has 0 aromatic heterocycles. The van der Waals surface area contributed by atoms with Crippen molar-refractivity contribution >= 4 is 40.4 Å². The van der Waals surface area contributed by atoms with E-state index in [1.54, 1.807) is 36.4 Å². The normalized spacial score (nSPS) is 11.7. The van der Waals surface area contributed by atoms with E-state index in [2.05, 4.69) is 15.8 Å². The Bertz CT molecular complexity index is 1530. The number of amides is 2. The Morgan fingerprint density at radius 1 is 1.00 bits per heavy atom. The molecule has 0 bridgehead atoms. The molecule has 0 saturated carbocycles. The van der Waals surface area contributed by atoms with Crippen LogP contribution in [0.2, 0.25) is 5.02 Å². The Labute approximate surface area is 210 Å². The quantitative estimate of drug-likeness (QED) is 0.252. The van der Waals surface area contributed by atoms with Crippen molar-refractivity contribution in [1.82, 2.24) is 10.7 Å². The number of hydrogen-bond donors (Lipinski definition) is 3. The second kappa shape index (κ2) is 10.7. The molecule has 4 aromatic rings. The van der Waals surface area contributed by atoms with Crippen molar-refractivity contribution in [3.63, 3.8) is 0 Å². The van der Waals surface area contributed by atoms with Crippen LogP contribution in [0.5, 0.6) is 5.75 Å². The average Bonchev–Trinajstić information content (AvgIpc) is 2.89. The number of halogens is 2.